The Hall–Kier alpha value is -0.620. The van der Waals surface area contributed by atoms with Gasteiger partial charge < -0.3 is 10.1 Å². The van der Waals surface area contributed by atoms with Crippen LogP contribution in [-0.2, 0) is 13.2 Å². The van der Waals surface area contributed by atoms with Crippen LogP contribution < -0.4 is 10.1 Å². The van der Waals surface area contributed by atoms with Crippen LogP contribution >= 0.6 is 38.9 Å². The van der Waals surface area contributed by atoms with Crippen molar-refractivity contribution in [3.63, 3.8) is 0 Å². The first-order valence-corrected chi connectivity index (χ1v) is 7.40. The zero-order chi connectivity index (χ0) is 13.0. The molecule has 6 heteroatoms. The van der Waals surface area contributed by atoms with Crippen LogP contribution in [0.25, 0.3) is 0 Å². The number of thiazole rings is 1. The van der Waals surface area contributed by atoms with Crippen molar-refractivity contribution in [3.8, 4) is 5.75 Å². The molecule has 0 saturated heterocycles. The molecule has 1 aromatic carbocycles. The van der Waals surface area contributed by atoms with Gasteiger partial charge in [0.25, 0.3) is 0 Å². The lowest BCUT2D eigenvalue weighted by Crippen LogP contribution is -2.05. The summed E-state index contributed by atoms with van der Waals surface area (Å²) in [7, 11) is 1.91. The topological polar surface area (TPSA) is 34.2 Å². The van der Waals surface area contributed by atoms with Crippen LogP contribution in [0.1, 0.15) is 10.7 Å². The van der Waals surface area contributed by atoms with Crippen molar-refractivity contribution in [1.29, 1.82) is 0 Å². The van der Waals surface area contributed by atoms with Crippen molar-refractivity contribution in [2.45, 2.75) is 13.2 Å². The summed E-state index contributed by atoms with van der Waals surface area (Å²) in [4.78, 5) is 4.45. The number of hydrogen-bond acceptors (Lipinski definition) is 4. The number of benzene rings is 1. The summed E-state index contributed by atoms with van der Waals surface area (Å²) in [6.45, 7) is 1.25. The smallest absolute Gasteiger partial charge is 0.134 e. The molecule has 3 nitrogen and oxygen atoms in total. The fourth-order valence-corrected chi connectivity index (χ4v) is 2.98. The molecule has 0 bridgehead atoms. The van der Waals surface area contributed by atoms with Gasteiger partial charge in [0, 0.05) is 16.9 Å². The lowest BCUT2D eigenvalue weighted by Gasteiger charge is -2.06. The van der Waals surface area contributed by atoms with Crippen molar-refractivity contribution in [2.75, 3.05) is 7.05 Å². The largest absolute Gasteiger partial charge is 0.486 e. The van der Waals surface area contributed by atoms with Gasteiger partial charge in [0.15, 0.2) is 0 Å². The first kappa shape index (κ1) is 13.8. The Labute approximate surface area is 123 Å². The maximum Gasteiger partial charge on any atom is 0.134 e. The van der Waals surface area contributed by atoms with Gasteiger partial charge in [-0.15, -0.1) is 11.3 Å². The molecule has 2 aromatic rings. The number of rotatable bonds is 5. The molecule has 1 N–H and O–H groups in total. The van der Waals surface area contributed by atoms with Gasteiger partial charge in [0.2, 0.25) is 0 Å². The number of hydrogen-bond donors (Lipinski definition) is 1. The van der Waals surface area contributed by atoms with Gasteiger partial charge in [-0.25, -0.2) is 4.98 Å². The Morgan fingerprint density at radius 2 is 2.33 bits per heavy atom. The molecule has 0 aliphatic carbocycles. The molecule has 0 atom stereocenters. The van der Waals surface area contributed by atoms with E-state index >= 15 is 0 Å². The predicted molar refractivity (Wildman–Crippen MR) is 78.4 cm³/mol. The van der Waals surface area contributed by atoms with E-state index in [9.17, 15) is 0 Å². The van der Waals surface area contributed by atoms with E-state index in [-0.39, 0.29) is 0 Å². The maximum absolute atomic E-state index is 5.87. The van der Waals surface area contributed by atoms with E-state index in [1.807, 2.05) is 24.6 Å². The Morgan fingerprint density at radius 1 is 1.50 bits per heavy atom. The molecule has 0 aliphatic rings. The molecule has 0 saturated carbocycles. The van der Waals surface area contributed by atoms with Gasteiger partial charge in [-0.1, -0.05) is 11.6 Å². The lowest BCUT2D eigenvalue weighted by molar-refractivity contribution is 0.300. The molecule has 1 heterocycles. The van der Waals surface area contributed by atoms with Crippen LogP contribution in [0.5, 0.6) is 5.75 Å². The standard InChI is InChI=1S/C12H12BrClN2OS/c1-15-5-12-16-9(7-18-12)6-17-11-3-2-8(14)4-10(11)13/h2-4,7,15H,5-6H2,1H3. The number of ether oxygens (including phenoxy) is 1. The number of halogens is 2. The molecule has 0 spiro atoms. The fraction of sp³-hybridized carbons (Fsp3) is 0.250. The minimum atomic E-state index is 0.459. The van der Waals surface area contributed by atoms with E-state index in [2.05, 4.69) is 26.2 Å². The van der Waals surface area contributed by atoms with Crippen LogP contribution in [0, 0.1) is 0 Å². The molecule has 0 unspecified atom stereocenters. The SMILES string of the molecule is CNCc1nc(COc2ccc(Cl)cc2Br)cs1. The first-order chi connectivity index (χ1) is 8.69. The van der Waals surface area contributed by atoms with Gasteiger partial charge in [0.1, 0.15) is 17.4 Å². The zero-order valence-corrected chi connectivity index (χ0v) is 12.9. The van der Waals surface area contributed by atoms with Gasteiger partial charge in [0.05, 0.1) is 10.2 Å². The van der Waals surface area contributed by atoms with Crippen molar-refractivity contribution in [1.82, 2.24) is 10.3 Å². The summed E-state index contributed by atoms with van der Waals surface area (Å²) in [5.41, 5.74) is 0.937. The summed E-state index contributed by atoms with van der Waals surface area (Å²) >= 11 is 10.9. The minimum absolute atomic E-state index is 0.459. The Bertz CT molecular complexity index is 533. The zero-order valence-electron chi connectivity index (χ0n) is 9.74. The maximum atomic E-state index is 5.87. The lowest BCUT2D eigenvalue weighted by atomic mass is 10.3. The second-order valence-corrected chi connectivity index (χ2v) is 5.86. The Kier molecular flexibility index (Phi) is 5.00. The van der Waals surface area contributed by atoms with Crippen LogP contribution in [0.4, 0.5) is 0 Å². The molecule has 1 aromatic heterocycles. The molecule has 96 valence electrons. The normalized spacial score (nSPS) is 10.6. The van der Waals surface area contributed by atoms with Crippen LogP contribution in [-0.4, -0.2) is 12.0 Å². The quantitative estimate of drug-likeness (QED) is 0.892. The summed E-state index contributed by atoms with van der Waals surface area (Å²) in [6, 6.07) is 5.45. The van der Waals surface area contributed by atoms with Crippen molar-refractivity contribution in [3.05, 3.63) is 43.8 Å². The van der Waals surface area contributed by atoms with Gasteiger partial charge in [-0.3, -0.25) is 0 Å². The van der Waals surface area contributed by atoms with Crippen LogP contribution in [0.3, 0.4) is 0 Å². The van der Waals surface area contributed by atoms with E-state index in [0.29, 0.717) is 11.6 Å². The average molecular weight is 348 g/mol. The number of nitrogens with one attached hydrogen (secondary N) is 1. The molecule has 18 heavy (non-hydrogen) atoms. The van der Waals surface area contributed by atoms with Crippen molar-refractivity contribution >= 4 is 38.9 Å². The van der Waals surface area contributed by atoms with Crippen molar-refractivity contribution in [2.24, 2.45) is 0 Å². The van der Waals surface area contributed by atoms with E-state index in [1.165, 1.54) is 0 Å². The third kappa shape index (κ3) is 3.68. The van der Waals surface area contributed by atoms with E-state index in [4.69, 9.17) is 16.3 Å². The highest BCUT2D eigenvalue weighted by Crippen LogP contribution is 2.28. The van der Waals surface area contributed by atoms with E-state index < -0.39 is 0 Å². The second-order valence-electron chi connectivity index (χ2n) is 3.63. The van der Waals surface area contributed by atoms with Gasteiger partial charge >= 0.3 is 0 Å². The first-order valence-electron chi connectivity index (χ1n) is 5.35. The molecule has 0 aliphatic heterocycles. The van der Waals surface area contributed by atoms with Crippen LogP contribution in [0.15, 0.2) is 28.1 Å². The average Bonchev–Trinajstić information content (AvgIpc) is 2.76. The van der Waals surface area contributed by atoms with Gasteiger partial charge in [-0.2, -0.15) is 0 Å². The third-order valence-corrected chi connectivity index (χ3v) is 3.95. The third-order valence-electron chi connectivity index (χ3n) is 2.20. The monoisotopic (exact) mass is 346 g/mol. The van der Waals surface area contributed by atoms with Crippen molar-refractivity contribution < 1.29 is 4.74 Å². The van der Waals surface area contributed by atoms with Gasteiger partial charge in [-0.05, 0) is 41.2 Å². The highest BCUT2D eigenvalue weighted by Gasteiger charge is 2.05. The molecule has 0 fully saturated rings. The summed E-state index contributed by atoms with van der Waals surface area (Å²) in [6.07, 6.45) is 0. The highest BCUT2D eigenvalue weighted by molar-refractivity contribution is 9.10. The summed E-state index contributed by atoms with van der Waals surface area (Å²) < 4.78 is 6.54. The molecular formula is C12H12BrClN2OS. The fourth-order valence-electron chi connectivity index (χ4n) is 1.39. The summed E-state index contributed by atoms with van der Waals surface area (Å²) in [5.74, 6) is 0.766. The Balaban J connectivity index is 1.97. The number of aromatic nitrogens is 1. The van der Waals surface area contributed by atoms with E-state index in [1.54, 1.807) is 17.4 Å². The molecule has 0 amide bonds. The summed E-state index contributed by atoms with van der Waals surface area (Å²) in [5, 5.41) is 6.82. The second kappa shape index (κ2) is 6.52. The predicted octanol–water partition coefficient (Wildman–Crippen LogP) is 3.86. The Morgan fingerprint density at radius 3 is 3.06 bits per heavy atom. The van der Waals surface area contributed by atoms with E-state index in [0.717, 1.165) is 27.5 Å². The van der Waals surface area contributed by atoms with Crippen LogP contribution in [0.2, 0.25) is 5.02 Å². The number of nitrogens with zero attached hydrogens (tertiary/aromatic N) is 1. The minimum Gasteiger partial charge on any atom is -0.486 e. The molecular weight excluding hydrogens is 336 g/mol. The molecule has 2 rings (SSSR count). The molecule has 0 radical (unpaired) electrons. The highest BCUT2D eigenvalue weighted by atomic mass is 79.9.